The van der Waals surface area contributed by atoms with Crippen LogP contribution in [0, 0.1) is 11.3 Å². The third kappa shape index (κ3) is 4.59. The summed E-state index contributed by atoms with van der Waals surface area (Å²) >= 11 is 0. The third-order valence-corrected chi connectivity index (χ3v) is 4.88. The summed E-state index contributed by atoms with van der Waals surface area (Å²) in [5, 5.41) is 14.0. The topological polar surface area (TPSA) is 109 Å². The number of nitrogens with two attached hydrogens (primary N) is 2. The number of aryl methyl sites for hydroxylation is 1. The van der Waals surface area contributed by atoms with Gasteiger partial charge in [-0.1, -0.05) is 31.0 Å². The summed E-state index contributed by atoms with van der Waals surface area (Å²) < 4.78 is 1.63. The minimum absolute atomic E-state index is 0.381. The van der Waals surface area contributed by atoms with Crippen LogP contribution in [0.2, 0.25) is 0 Å². The van der Waals surface area contributed by atoms with Gasteiger partial charge in [0.25, 0.3) is 0 Å². The Morgan fingerprint density at radius 1 is 1.15 bits per heavy atom. The van der Waals surface area contributed by atoms with Crippen molar-refractivity contribution in [1.82, 2.24) is 14.7 Å². The second-order valence-electron chi connectivity index (χ2n) is 6.81. The summed E-state index contributed by atoms with van der Waals surface area (Å²) in [4.78, 5) is 6.70. The normalized spacial score (nSPS) is 15.4. The fourth-order valence-electron chi connectivity index (χ4n) is 3.38. The van der Waals surface area contributed by atoms with Crippen molar-refractivity contribution in [2.24, 2.45) is 10.7 Å². The van der Waals surface area contributed by atoms with Gasteiger partial charge >= 0.3 is 0 Å². The highest BCUT2D eigenvalue weighted by Gasteiger charge is 2.16. The number of rotatable bonds is 5. The average Bonchev–Trinajstić information content (AvgIpc) is 2.87. The van der Waals surface area contributed by atoms with Crippen LogP contribution in [-0.4, -0.2) is 40.3 Å². The first-order chi connectivity index (χ1) is 13.2. The van der Waals surface area contributed by atoms with Gasteiger partial charge < -0.3 is 16.4 Å². The van der Waals surface area contributed by atoms with Crippen LogP contribution in [0.25, 0.3) is 5.69 Å². The van der Waals surface area contributed by atoms with Crippen LogP contribution in [0.5, 0.6) is 0 Å². The molecule has 1 aliphatic heterocycles. The molecule has 3 rings (SSSR count). The zero-order valence-electron chi connectivity index (χ0n) is 15.6. The standard InChI is InChI=1S/C20H27N7/c21-15-17-18(25-27(19(17)22)16-9-4-3-5-10-16)11-8-12-24-20(23)26-13-6-1-2-7-14-26/h3-5,9-10H,1-2,6-8,11-14,22H2,(H2,23,24). The number of nitrogen functional groups attached to an aromatic ring is 1. The lowest BCUT2D eigenvalue weighted by Gasteiger charge is -2.21. The van der Waals surface area contributed by atoms with E-state index in [1.54, 1.807) is 4.68 Å². The Morgan fingerprint density at radius 2 is 1.85 bits per heavy atom. The van der Waals surface area contributed by atoms with Crippen LogP contribution < -0.4 is 11.5 Å². The SMILES string of the molecule is N#Cc1c(CCCN=C(N)N2CCCCCC2)nn(-c2ccccc2)c1N. The number of hydrogen-bond donors (Lipinski definition) is 2. The predicted octanol–water partition coefficient (Wildman–Crippen LogP) is 2.45. The molecule has 0 bridgehead atoms. The fraction of sp³-hybridized carbons (Fsp3) is 0.450. The lowest BCUT2D eigenvalue weighted by Crippen LogP contribution is -2.38. The Morgan fingerprint density at radius 3 is 2.52 bits per heavy atom. The monoisotopic (exact) mass is 365 g/mol. The Bertz CT molecular complexity index is 809. The highest BCUT2D eigenvalue weighted by atomic mass is 15.3. The van der Waals surface area contributed by atoms with Crippen molar-refractivity contribution in [3.63, 3.8) is 0 Å². The molecule has 1 saturated heterocycles. The van der Waals surface area contributed by atoms with E-state index in [0.717, 1.165) is 25.2 Å². The van der Waals surface area contributed by atoms with Crippen LogP contribution in [0.3, 0.4) is 0 Å². The van der Waals surface area contributed by atoms with Crippen molar-refractivity contribution in [3.05, 3.63) is 41.6 Å². The van der Waals surface area contributed by atoms with Gasteiger partial charge in [-0.25, -0.2) is 4.68 Å². The molecule has 0 radical (unpaired) electrons. The number of aliphatic imine (C=N–C) groups is 1. The molecule has 0 amide bonds. The molecular weight excluding hydrogens is 338 g/mol. The minimum Gasteiger partial charge on any atom is -0.382 e. The van der Waals surface area contributed by atoms with E-state index in [9.17, 15) is 5.26 Å². The zero-order chi connectivity index (χ0) is 19.1. The summed E-state index contributed by atoms with van der Waals surface area (Å²) in [6.07, 6.45) is 6.31. The molecule has 0 atom stereocenters. The first-order valence-corrected chi connectivity index (χ1v) is 9.58. The molecule has 2 aromatic rings. The van der Waals surface area contributed by atoms with Crippen LogP contribution in [-0.2, 0) is 6.42 Å². The highest BCUT2D eigenvalue weighted by Crippen LogP contribution is 2.21. The van der Waals surface area contributed by atoms with Crippen molar-refractivity contribution < 1.29 is 0 Å². The predicted molar refractivity (Wildman–Crippen MR) is 108 cm³/mol. The fourth-order valence-corrected chi connectivity index (χ4v) is 3.38. The maximum Gasteiger partial charge on any atom is 0.191 e. The van der Waals surface area contributed by atoms with Gasteiger partial charge in [0.15, 0.2) is 5.96 Å². The quantitative estimate of drug-likeness (QED) is 0.480. The Kier molecular flexibility index (Phi) is 6.31. The Labute approximate surface area is 160 Å². The van der Waals surface area contributed by atoms with Crippen molar-refractivity contribution >= 4 is 11.8 Å². The molecular formula is C20H27N7. The average molecular weight is 365 g/mol. The van der Waals surface area contributed by atoms with E-state index in [4.69, 9.17) is 11.5 Å². The van der Waals surface area contributed by atoms with E-state index in [0.29, 0.717) is 36.0 Å². The maximum absolute atomic E-state index is 9.46. The van der Waals surface area contributed by atoms with Crippen molar-refractivity contribution in [2.45, 2.75) is 38.5 Å². The van der Waals surface area contributed by atoms with E-state index < -0.39 is 0 Å². The number of para-hydroxylation sites is 1. The molecule has 0 spiro atoms. The van der Waals surface area contributed by atoms with Gasteiger partial charge in [0.05, 0.1) is 11.4 Å². The number of likely N-dealkylation sites (tertiary alicyclic amines) is 1. The molecule has 1 aromatic heterocycles. The van der Waals surface area contributed by atoms with Gasteiger partial charge in [-0.15, -0.1) is 0 Å². The maximum atomic E-state index is 9.46. The second-order valence-corrected chi connectivity index (χ2v) is 6.81. The van der Waals surface area contributed by atoms with E-state index in [2.05, 4.69) is 21.1 Å². The molecule has 7 heteroatoms. The van der Waals surface area contributed by atoms with E-state index in [1.807, 2.05) is 30.3 Å². The van der Waals surface area contributed by atoms with E-state index >= 15 is 0 Å². The van der Waals surface area contributed by atoms with E-state index in [1.165, 1.54) is 25.7 Å². The van der Waals surface area contributed by atoms with Gasteiger partial charge in [-0.05, 0) is 37.8 Å². The second kappa shape index (κ2) is 9.08. The number of hydrogen-bond acceptors (Lipinski definition) is 4. The molecule has 1 aliphatic rings. The first-order valence-electron chi connectivity index (χ1n) is 9.58. The highest BCUT2D eigenvalue weighted by molar-refractivity contribution is 5.78. The molecule has 0 aliphatic carbocycles. The molecule has 142 valence electrons. The summed E-state index contributed by atoms with van der Waals surface area (Å²) in [5.74, 6) is 1.01. The minimum atomic E-state index is 0.381. The number of nitrogens with zero attached hydrogens (tertiary/aromatic N) is 5. The van der Waals surface area contributed by atoms with Gasteiger partial charge in [-0.3, -0.25) is 4.99 Å². The number of benzene rings is 1. The lowest BCUT2D eigenvalue weighted by molar-refractivity contribution is 0.428. The molecule has 7 nitrogen and oxygen atoms in total. The summed E-state index contributed by atoms with van der Waals surface area (Å²) in [7, 11) is 0. The third-order valence-electron chi connectivity index (χ3n) is 4.88. The summed E-state index contributed by atoms with van der Waals surface area (Å²) in [6, 6.07) is 11.8. The Balaban J connectivity index is 1.62. The summed E-state index contributed by atoms with van der Waals surface area (Å²) in [5.41, 5.74) is 14.3. The smallest absolute Gasteiger partial charge is 0.191 e. The largest absolute Gasteiger partial charge is 0.382 e. The molecule has 4 N–H and O–H groups in total. The zero-order valence-corrected chi connectivity index (χ0v) is 15.6. The van der Waals surface area contributed by atoms with Crippen molar-refractivity contribution in [2.75, 3.05) is 25.4 Å². The molecule has 1 fully saturated rings. The number of aromatic nitrogens is 2. The molecule has 0 saturated carbocycles. The number of nitriles is 1. The Hall–Kier alpha value is -3.01. The number of guanidine groups is 1. The van der Waals surface area contributed by atoms with Crippen LogP contribution >= 0.6 is 0 Å². The van der Waals surface area contributed by atoms with Gasteiger partial charge in [0.2, 0.25) is 0 Å². The molecule has 2 heterocycles. The van der Waals surface area contributed by atoms with Crippen molar-refractivity contribution in [1.29, 1.82) is 5.26 Å². The van der Waals surface area contributed by atoms with Gasteiger partial charge in [-0.2, -0.15) is 10.4 Å². The molecule has 27 heavy (non-hydrogen) atoms. The first kappa shape index (κ1) is 18.8. The van der Waals surface area contributed by atoms with Gasteiger partial charge in [0, 0.05) is 19.6 Å². The van der Waals surface area contributed by atoms with E-state index in [-0.39, 0.29) is 0 Å². The molecule has 0 unspecified atom stereocenters. The van der Waals surface area contributed by atoms with Crippen molar-refractivity contribution in [3.8, 4) is 11.8 Å². The molecule has 1 aromatic carbocycles. The number of anilines is 1. The van der Waals surface area contributed by atoms with Crippen LogP contribution in [0.1, 0.15) is 43.4 Å². The summed E-state index contributed by atoms with van der Waals surface area (Å²) in [6.45, 7) is 2.60. The van der Waals surface area contributed by atoms with Crippen LogP contribution in [0.15, 0.2) is 35.3 Å². The lowest BCUT2D eigenvalue weighted by atomic mass is 10.1. The van der Waals surface area contributed by atoms with Crippen LogP contribution in [0.4, 0.5) is 5.82 Å². The van der Waals surface area contributed by atoms with Gasteiger partial charge in [0.1, 0.15) is 17.5 Å².